The van der Waals surface area contributed by atoms with Crippen molar-refractivity contribution in [1.82, 2.24) is 4.90 Å². The number of benzene rings is 1. The summed E-state index contributed by atoms with van der Waals surface area (Å²) in [7, 11) is -4.02. The Kier molecular flexibility index (Phi) is 5.93. The fraction of sp³-hybridized carbons (Fsp3) is 0.500. The predicted molar refractivity (Wildman–Crippen MR) is 89.6 cm³/mol. The third-order valence-corrected chi connectivity index (χ3v) is 4.77. The van der Waals surface area contributed by atoms with Gasteiger partial charge in [0.15, 0.2) is 0 Å². The molecule has 2 rings (SSSR count). The molecular weight excluding hydrogens is 352 g/mol. The smallest absolute Gasteiger partial charge is 0.293 e. The predicted octanol–water partition coefficient (Wildman–Crippen LogP) is 0.292. The monoisotopic (exact) mass is 372 g/mol. The van der Waals surface area contributed by atoms with E-state index in [2.05, 4.69) is 5.32 Å². The minimum Gasteiger partial charge on any atom is -0.379 e. The summed E-state index contributed by atoms with van der Waals surface area (Å²) in [6, 6.07) is 3.44. The first-order valence-electron chi connectivity index (χ1n) is 7.60. The van der Waals surface area contributed by atoms with Gasteiger partial charge >= 0.3 is 0 Å². The molecule has 11 heteroatoms. The van der Waals surface area contributed by atoms with Crippen LogP contribution in [0.15, 0.2) is 23.1 Å². The Balaban J connectivity index is 2.01. The van der Waals surface area contributed by atoms with E-state index in [4.69, 9.17) is 9.88 Å². The molecule has 1 aliphatic heterocycles. The fourth-order valence-electron chi connectivity index (χ4n) is 2.54. The van der Waals surface area contributed by atoms with Crippen molar-refractivity contribution in [1.29, 1.82) is 0 Å². The maximum atomic E-state index is 11.4. The summed E-state index contributed by atoms with van der Waals surface area (Å²) in [6.07, 6.45) is 0.380. The van der Waals surface area contributed by atoms with Crippen molar-refractivity contribution in [2.75, 3.05) is 31.6 Å². The van der Waals surface area contributed by atoms with Crippen LogP contribution in [0.5, 0.6) is 0 Å². The van der Waals surface area contributed by atoms with E-state index in [1.54, 1.807) is 4.90 Å². The largest absolute Gasteiger partial charge is 0.379 e. The van der Waals surface area contributed by atoms with E-state index in [9.17, 15) is 23.3 Å². The van der Waals surface area contributed by atoms with Gasteiger partial charge in [-0.2, -0.15) is 0 Å². The topological polar surface area (TPSA) is 145 Å². The van der Waals surface area contributed by atoms with Gasteiger partial charge in [-0.3, -0.25) is 14.9 Å². The van der Waals surface area contributed by atoms with Crippen molar-refractivity contribution in [3.63, 3.8) is 0 Å². The maximum absolute atomic E-state index is 11.4. The summed E-state index contributed by atoms with van der Waals surface area (Å²) in [4.78, 5) is 23.2. The van der Waals surface area contributed by atoms with Crippen LogP contribution in [0.1, 0.15) is 13.3 Å². The molecule has 0 aliphatic carbocycles. The quantitative estimate of drug-likeness (QED) is 0.539. The van der Waals surface area contributed by atoms with Gasteiger partial charge in [0, 0.05) is 32.6 Å². The number of anilines is 1. The molecule has 0 spiro atoms. The number of nitro benzene ring substituents is 1. The summed E-state index contributed by atoms with van der Waals surface area (Å²) >= 11 is 0. The number of nitrogens with zero attached hydrogens (tertiary/aromatic N) is 2. The highest BCUT2D eigenvalue weighted by atomic mass is 32.2. The molecule has 1 aliphatic rings. The van der Waals surface area contributed by atoms with Crippen molar-refractivity contribution in [2.24, 2.45) is 5.14 Å². The van der Waals surface area contributed by atoms with E-state index in [-0.39, 0.29) is 28.3 Å². The second kappa shape index (κ2) is 7.76. The lowest BCUT2D eigenvalue weighted by Gasteiger charge is -2.32. The summed E-state index contributed by atoms with van der Waals surface area (Å²) in [5.74, 6) is -0.0181. The van der Waals surface area contributed by atoms with E-state index in [1.165, 1.54) is 19.1 Å². The van der Waals surface area contributed by atoms with Gasteiger partial charge in [-0.15, -0.1) is 0 Å². The van der Waals surface area contributed by atoms with Crippen LogP contribution in [0.4, 0.5) is 11.4 Å². The van der Waals surface area contributed by atoms with Gasteiger partial charge in [0.25, 0.3) is 5.69 Å². The number of nitrogens with one attached hydrogen (secondary N) is 1. The molecule has 1 atom stereocenters. The minimum absolute atomic E-state index is 0.0181. The number of hydrogen-bond acceptors (Lipinski definition) is 7. The van der Waals surface area contributed by atoms with E-state index >= 15 is 0 Å². The number of morpholine rings is 1. The molecule has 1 aromatic carbocycles. The van der Waals surface area contributed by atoms with Gasteiger partial charge < -0.3 is 15.0 Å². The lowest BCUT2D eigenvalue weighted by Crippen LogP contribution is -2.45. The fourth-order valence-corrected chi connectivity index (χ4v) is 3.07. The molecule has 0 aromatic heterocycles. The summed E-state index contributed by atoms with van der Waals surface area (Å²) in [5, 5.41) is 19.0. The molecule has 138 valence electrons. The van der Waals surface area contributed by atoms with Crippen LogP contribution in [-0.4, -0.2) is 56.5 Å². The van der Waals surface area contributed by atoms with Crippen LogP contribution in [0.3, 0.4) is 0 Å². The number of amides is 1. The van der Waals surface area contributed by atoms with E-state index in [0.717, 1.165) is 6.07 Å². The van der Waals surface area contributed by atoms with Crippen molar-refractivity contribution in [3.8, 4) is 0 Å². The number of primary sulfonamides is 1. The van der Waals surface area contributed by atoms with Crippen LogP contribution in [0.2, 0.25) is 0 Å². The van der Waals surface area contributed by atoms with Gasteiger partial charge in [0.1, 0.15) is 5.69 Å². The van der Waals surface area contributed by atoms with Gasteiger partial charge in [-0.25, -0.2) is 13.6 Å². The number of sulfonamides is 1. The van der Waals surface area contributed by atoms with Crippen molar-refractivity contribution in [3.05, 3.63) is 28.3 Å². The van der Waals surface area contributed by atoms with Gasteiger partial charge in [-0.05, 0) is 18.6 Å². The molecule has 1 unspecified atom stereocenters. The summed E-state index contributed by atoms with van der Waals surface area (Å²) < 4.78 is 28.2. The van der Waals surface area contributed by atoms with Crippen LogP contribution in [-0.2, 0) is 19.6 Å². The lowest BCUT2D eigenvalue weighted by molar-refractivity contribution is -0.384. The molecule has 1 fully saturated rings. The summed E-state index contributed by atoms with van der Waals surface area (Å²) in [5.41, 5.74) is -0.182. The first kappa shape index (κ1) is 19.1. The second-order valence-corrected chi connectivity index (χ2v) is 7.22. The standard InChI is InChI=1S/C14H20N4O6S/c1-10(19)17-6-7-24-11(9-17)4-5-16-13-3-2-12(25(15,22)23)8-14(13)18(20)21/h2-3,8,11,16H,4-7,9H2,1H3,(H2,15,22,23). The molecule has 0 radical (unpaired) electrons. The molecule has 25 heavy (non-hydrogen) atoms. The van der Waals surface area contributed by atoms with E-state index < -0.39 is 14.9 Å². The number of hydrogen-bond donors (Lipinski definition) is 2. The molecule has 1 amide bonds. The van der Waals surface area contributed by atoms with Crippen LogP contribution >= 0.6 is 0 Å². The Bertz CT molecular complexity index is 767. The number of ether oxygens (including phenoxy) is 1. The molecule has 0 bridgehead atoms. The first-order chi connectivity index (χ1) is 11.7. The number of carbonyl (C=O) groups is 1. The minimum atomic E-state index is -4.02. The Hall–Kier alpha value is -2.24. The highest BCUT2D eigenvalue weighted by Crippen LogP contribution is 2.27. The number of nitro groups is 1. The molecule has 0 saturated carbocycles. The Labute approximate surface area is 145 Å². The number of carbonyl (C=O) groups excluding carboxylic acids is 1. The lowest BCUT2D eigenvalue weighted by atomic mass is 10.2. The van der Waals surface area contributed by atoms with Crippen molar-refractivity contribution < 1.29 is 22.9 Å². The normalized spacial score (nSPS) is 18.0. The Morgan fingerprint density at radius 2 is 2.24 bits per heavy atom. The Morgan fingerprint density at radius 3 is 2.84 bits per heavy atom. The van der Waals surface area contributed by atoms with Crippen LogP contribution in [0.25, 0.3) is 0 Å². The third-order valence-electron chi connectivity index (χ3n) is 3.86. The van der Waals surface area contributed by atoms with E-state index in [0.29, 0.717) is 32.7 Å². The number of nitrogens with two attached hydrogens (primary N) is 1. The highest BCUT2D eigenvalue weighted by Gasteiger charge is 2.23. The zero-order chi connectivity index (χ0) is 18.6. The summed E-state index contributed by atoms with van der Waals surface area (Å²) in [6.45, 7) is 3.35. The zero-order valence-corrected chi connectivity index (χ0v) is 14.5. The SMILES string of the molecule is CC(=O)N1CCOC(CCNc2ccc(S(N)(=O)=O)cc2[N+](=O)[O-])C1. The molecule has 1 aromatic rings. The van der Waals surface area contributed by atoms with Gasteiger partial charge in [0.2, 0.25) is 15.9 Å². The van der Waals surface area contributed by atoms with Gasteiger partial charge in [0.05, 0.1) is 22.5 Å². The Morgan fingerprint density at radius 1 is 1.52 bits per heavy atom. The third kappa shape index (κ3) is 5.11. The zero-order valence-electron chi connectivity index (χ0n) is 13.7. The average Bonchev–Trinajstić information content (AvgIpc) is 2.54. The van der Waals surface area contributed by atoms with Crippen LogP contribution < -0.4 is 10.5 Å². The first-order valence-corrected chi connectivity index (χ1v) is 9.15. The molecule has 10 nitrogen and oxygen atoms in total. The highest BCUT2D eigenvalue weighted by molar-refractivity contribution is 7.89. The van der Waals surface area contributed by atoms with E-state index in [1.807, 2.05) is 0 Å². The van der Waals surface area contributed by atoms with Crippen molar-refractivity contribution >= 4 is 27.3 Å². The maximum Gasteiger partial charge on any atom is 0.293 e. The second-order valence-electron chi connectivity index (χ2n) is 5.65. The molecular formula is C14H20N4O6S. The van der Waals surface area contributed by atoms with Crippen LogP contribution in [0, 0.1) is 10.1 Å². The van der Waals surface area contributed by atoms with Crippen molar-refractivity contribution in [2.45, 2.75) is 24.3 Å². The molecule has 3 N–H and O–H groups in total. The van der Waals surface area contributed by atoms with Gasteiger partial charge in [-0.1, -0.05) is 0 Å². The average molecular weight is 372 g/mol. The molecule has 1 heterocycles. The number of rotatable bonds is 6. The molecule has 1 saturated heterocycles.